The lowest BCUT2D eigenvalue weighted by Gasteiger charge is -2.05. The van der Waals surface area contributed by atoms with Crippen molar-refractivity contribution in [2.24, 2.45) is 5.73 Å². The van der Waals surface area contributed by atoms with Gasteiger partial charge in [0, 0.05) is 5.56 Å². The average molecular weight is 166 g/mol. The molecule has 3 nitrogen and oxygen atoms in total. The Kier molecular flexibility index (Phi) is 2.26. The predicted molar refractivity (Wildman–Crippen MR) is 40.6 cm³/mol. The molecule has 0 bridgehead atoms. The van der Waals surface area contributed by atoms with E-state index in [-0.39, 0.29) is 5.56 Å². The number of hydrogen-bond donors (Lipinski definition) is 2. The molecule has 1 aromatic carbocycles. The van der Waals surface area contributed by atoms with Crippen molar-refractivity contribution in [2.75, 3.05) is 0 Å². The Morgan fingerprint density at radius 3 is 2.83 bits per heavy atom. The van der Waals surface area contributed by atoms with E-state index in [4.69, 9.17) is 16.1 Å². The molecule has 0 fully saturated rings. The van der Waals surface area contributed by atoms with Crippen LogP contribution in [0, 0.1) is 17.1 Å². The van der Waals surface area contributed by atoms with Crippen molar-refractivity contribution in [1.29, 1.82) is 5.26 Å². The van der Waals surface area contributed by atoms with Gasteiger partial charge in [-0.3, -0.25) is 0 Å². The van der Waals surface area contributed by atoms with Crippen molar-refractivity contribution in [3.8, 4) is 11.8 Å². The van der Waals surface area contributed by atoms with E-state index in [9.17, 15) is 4.39 Å². The quantitative estimate of drug-likeness (QED) is 0.655. The molecule has 1 rings (SSSR count). The summed E-state index contributed by atoms with van der Waals surface area (Å²) in [6, 6.07) is 4.61. The van der Waals surface area contributed by atoms with Crippen LogP contribution in [0.4, 0.5) is 4.39 Å². The highest BCUT2D eigenvalue weighted by Crippen LogP contribution is 2.24. The fourth-order valence-corrected chi connectivity index (χ4v) is 0.853. The first kappa shape index (κ1) is 8.50. The molecule has 0 aliphatic rings. The zero-order valence-corrected chi connectivity index (χ0v) is 6.16. The number of aromatic hydroxyl groups is 1. The number of phenols is 1. The number of benzene rings is 1. The van der Waals surface area contributed by atoms with Gasteiger partial charge in [-0.2, -0.15) is 5.26 Å². The maximum Gasteiger partial charge on any atom is 0.165 e. The molecule has 0 aromatic heterocycles. The molecule has 3 N–H and O–H groups in total. The summed E-state index contributed by atoms with van der Waals surface area (Å²) in [6.45, 7) is 0. The first-order valence-corrected chi connectivity index (χ1v) is 3.29. The van der Waals surface area contributed by atoms with E-state index in [0.717, 1.165) is 6.07 Å². The second-order valence-electron chi connectivity index (χ2n) is 2.28. The van der Waals surface area contributed by atoms with Gasteiger partial charge in [-0.1, -0.05) is 12.1 Å². The second kappa shape index (κ2) is 3.20. The van der Waals surface area contributed by atoms with Crippen LogP contribution in [0.5, 0.6) is 5.75 Å². The summed E-state index contributed by atoms with van der Waals surface area (Å²) in [6.07, 6.45) is 0. The number of nitrogens with two attached hydrogens (primary N) is 1. The number of phenolic OH excluding ortho intramolecular Hbond substituents is 1. The Balaban J connectivity index is 3.18. The van der Waals surface area contributed by atoms with Crippen LogP contribution < -0.4 is 5.73 Å². The summed E-state index contributed by atoms with van der Waals surface area (Å²) in [7, 11) is 0. The molecule has 0 radical (unpaired) electrons. The molecule has 62 valence electrons. The Bertz CT molecular complexity index is 332. The fourth-order valence-electron chi connectivity index (χ4n) is 0.853. The normalized spacial score (nSPS) is 12.1. The maximum atomic E-state index is 12.7. The summed E-state index contributed by atoms with van der Waals surface area (Å²) in [5.74, 6) is -1.32. The van der Waals surface area contributed by atoms with Crippen molar-refractivity contribution in [2.45, 2.75) is 6.04 Å². The van der Waals surface area contributed by atoms with Crippen LogP contribution in [0.25, 0.3) is 0 Å². The van der Waals surface area contributed by atoms with Gasteiger partial charge in [0.1, 0.15) is 6.04 Å². The highest BCUT2D eigenvalue weighted by atomic mass is 19.1. The lowest BCUT2D eigenvalue weighted by Crippen LogP contribution is -2.07. The lowest BCUT2D eigenvalue weighted by atomic mass is 10.1. The zero-order chi connectivity index (χ0) is 9.14. The molecule has 0 aliphatic heterocycles. The van der Waals surface area contributed by atoms with E-state index in [1.54, 1.807) is 6.07 Å². The van der Waals surface area contributed by atoms with E-state index >= 15 is 0 Å². The highest BCUT2D eigenvalue weighted by molar-refractivity contribution is 5.38. The molecular formula is C8H7FN2O. The molecule has 1 atom stereocenters. The molecule has 1 aromatic rings. The van der Waals surface area contributed by atoms with Gasteiger partial charge in [0.05, 0.1) is 6.07 Å². The molecule has 0 saturated heterocycles. The van der Waals surface area contributed by atoms with Gasteiger partial charge in [0.15, 0.2) is 11.6 Å². The highest BCUT2D eigenvalue weighted by Gasteiger charge is 2.12. The van der Waals surface area contributed by atoms with Crippen molar-refractivity contribution < 1.29 is 9.50 Å². The van der Waals surface area contributed by atoms with Gasteiger partial charge in [0.25, 0.3) is 0 Å². The van der Waals surface area contributed by atoms with Gasteiger partial charge in [-0.05, 0) is 6.07 Å². The van der Waals surface area contributed by atoms with E-state index in [1.807, 2.05) is 0 Å². The molecule has 0 amide bonds. The summed E-state index contributed by atoms with van der Waals surface area (Å²) < 4.78 is 12.7. The number of rotatable bonds is 1. The van der Waals surface area contributed by atoms with Crippen LogP contribution >= 0.6 is 0 Å². The minimum atomic E-state index is -0.985. The molecule has 0 saturated carbocycles. The molecule has 12 heavy (non-hydrogen) atoms. The number of para-hydroxylation sites is 1. The van der Waals surface area contributed by atoms with E-state index in [0.29, 0.717) is 0 Å². The molecule has 4 heteroatoms. The minimum absolute atomic E-state index is 0.109. The first-order valence-electron chi connectivity index (χ1n) is 3.29. The third-order valence-electron chi connectivity index (χ3n) is 1.49. The summed E-state index contributed by atoms with van der Waals surface area (Å²) >= 11 is 0. The smallest absolute Gasteiger partial charge is 0.165 e. The summed E-state index contributed by atoms with van der Waals surface area (Å²) in [4.78, 5) is 0. The Morgan fingerprint density at radius 2 is 2.25 bits per heavy atom. The van der Waals surface area contributed by atoms with Crippen LogP contribution in [0.2, 0.25) is 0 Å². The summed E-state index contributed by atoms with van der Waals surface area (Å²) in [5.41, 5.74) is 5.39. The standard InChI is InChI=1S/C8H7FN2O/c9-6-3-1-2-5(8(6)12)7(11)4-10/h1-3,7,12H,11H2/t7-/m0/s1. The number of nitriles is 1. The first-order chi connectivity index (χ1) is 5.66. The van der Waals surface area contributed by atoms with Gasteiger partial charge in [-0.25, -0.2) is 4.39 Å². The third-order valence-corrected chi connectivity index (χ3v) is 1.49. The topological polar surface area (TPSA) is 70.0 Å². The molecule has 0 unspecified atom stereocenters. The predicted octanol–water partition coefficient (Wildman–Crippen LogP) is 1.05. The SMILES string of the molecule is N#C[C@H](N)c1cccc(F)c1O. The van der Waals surface area contributed by atoms with E-state index in [2.05, 4.69) is 0 Å². The maximum absolute atomic E-state index is 12.7. The van der Waals surface area contributed by atoms with Crippen LogP contribution in [0.15, 0.2) is 18.2 Å². The Morgan fingerprint density at radius 1 is 1.58 bits per heavy atom. The number of hydrogen-bond acceptors (Lipinski definition) is 3. The van der Waals surface area contributed by atoms with Crippen LogP contribution in [-0.2, 0) is 0 Å². The van der Waals surface area contributed by atoms with Crippen molar-refractivity contribution in [3.05, 3.63) is 29.6 Å². The zero-order valence-electron chi connectivity index (χ0n) is 6.16. The van der Waals surface area contributed by atoms with Gasteiger partial charge in [0.2, 0.25) is 0 Å². The van der Waals surface area contributed by atoms with Crippen molar-refractivity contribution >= 4 is 0 Å². The average Bonchev–Trinajstić information content (AvgIpc) is 2.08. The van der Waals surface area contributed by atoms with Crippen LogP contribution in [-0.4, -0.2) is 5.11 Å². The van der Waals surface area contributed by atoms with Gasteiger partial charge < -0.3 is 10.8 Å². The second-order valence-corrected chi connectivity index (χ2v) is 2.28. The lowest BCUT2D eigenvalue weighted by molar-refractivity contribution is 0.424. The molecule has 0 aliphatic carbocycles. The van der Waals surface area contributed by atoms with Crippen molar-refractivity contribution in [1.82, 2.24) is 0 Å². The molecule has 0 heterocycles. The Labute approximate surface area is 68.9 Å². The fraction of sp³-hybridized carbons (Fsp3) is 0.125. The number of halogens is 1. The summed E-state index contributed by atoms with van der Waals surface area (Å²) in [5, 5.41) is 17.5. The number of nitrogens with zero attached hydrogens (tertiary/aromatic N) is 1. The van der Waals surface area contributed by atoms with Crippen LogP contribution in [0.3, 0.4) is 0 Å². The monoisotopic (exact) mass is 166 g/mol. The largest absolute Gasteiger partial charge is 0.505 e. The molecular weight excluding hydrogens is 159 g/mol. The van der Waals surface area contributed by atoms with Gasteiger partial charge in [-0.15, -0.1) is 0 Å². The van der Waals surface area contributed by atoms with E-state index in [1.165, 1.54) is 12.1 Å². The van der Waals surface area contributed by atoms with Crippen LogP contribution in [0.1, 0.15) is 11.6 Å². The van der Waals surface area contributed by atoms with E-state index < -0.39 is 17.6 Å². The third kappa shape index (κ3) is 1.36. The Hall–Kier alpha value is -1.60. The molecule has 0 spiro atoms. The van der Waals surface area contributed by atoms with Crippen molar-refractivity contribution in [3.63, 3.8) is 0 Å². The van der Waals surface area contributed by atoms with Gasteiger partial charge >= 0.3 is 0 Å². The minimum Gasteiger partial charge on any atom is -0.505 e.